The van der Waals surface area contributed by atoms with E-state index >= 15 is 0 Å². The van der Waals surface area contributed by atoms with E-state index in [1.165, 1.54) is 36.5 Å². The molecule has 1 aromatic rings. The maximum Gasteiger partial charge on any atom is 0.333 e. The van der Waals surface area contributed by atoms with Gasteiger partial charge in [-0.15, -0.1) is 0 Å². The summed E-state index contributed by atoms with van der Waals surface area (Å²) in [4.78, 5) is 36.8. The van der Waals surface area contributed by atoms with E-state index < -0.39 is 34.2 Å². The first kappa shape index (κ1) is 28.2. The number of nitro benzene ring substituents is 1. The molecule has 8 nitrogen and oxygen atoms in total. The van der Waals surface area contributed by atoms with E-state index in [0.717, 1.165) is 19.3 Å². The summed E-state index contributed by atoms with van der Waals surface area (Å²) in [6, 6.07) is 5.84. The van der Waals surface area contributed by atoms with E-state index in [-0.39, 0.29) is 22.6 Å². The van der Waals surface area contributed by atoms with E-state index in [0.29, 0.717) is 11.3 Å². The van der Waals surface area contributed by atoms with Crippen molar-refractivity contribution in [1.82, 2.24) is 5.32 Å². The Balaban J connectivity index is 2.18. The zero-order chi connectivity index (χ0) is 27.7. The molecule has 0 saturated heterocycles. The number of carboxylic acid groups (broad SMARTS) is 1. The molecule has 0 bridgehead atoms. The van der Waals surface area contributed by atoms with Crippen LogP contribution in [0.25, 0.3) is 0 Å². The first-order valence-electron chi connectivity index (χ1n) is 12.7. The van der Waals surface area contributed by atoms with Crippen LogP contribution in [0, 0.1) is 27.4 Å². The second-order valence-electron chi connectivity index (χ2n) is 11.2. The summed E-state index contributed by atoms with van der Waals surface area (Å²) >= 11 is 0. The number of nitrogens with zero attached hydrogens (tertiary/aromatic N) is 1. The SMILES string of the molecule is COC(=O)C1C(c2cccc([N+](=O)[O-])c2)C(C(=O)O)=C(C)NC1(C)C(C)C=CC1=C(C)CCCC1(C)C. The second-order valence-corrected chi connectivity index (χ2v) is 11.2. The molecule has 1 aliphatic carbocycles. The highest BCUT2D eigenvalue weighted by atomic mass is 16.6. The number of methoxy groups -OCH3 is 1. The van der Waals surface area contributed by atoms with Gasteiger partial charge in [-0.1, -0.05) is 50.6 Å². The first-order valence-corrected chi connectivity index (χ1v) is 12.7. The number of aliphatic carboxylic acids is 1. The molecule has 4 atom stereocenters. The number of carbonyl (C=O) groups is 2. The Kier molecular flexibility index (Phi) is 8.00. The van der Waals surface area contributed by atoms with Crippen molar-refractivity contribution in [2.45, 2.75) is 72.3 Å². The average Bonchev–Trinajstić information content (AvgIpc) is 2.82. The van der Waals surface area contributed by atoms with Gasteiger partial charge < -0.3 is 15.2 Å². The molecule has 0 aromatic heterocycles. The molecule has 1 aliphatic heterocycles. The highest BCUT2D eigenvalue weighted by Gasteiger charge is 2.53. The fourth-order valence-corrected chi connectivity index (χ4v) is 6.14. The van der Waals surface area contributed by atoms with Gasteiger partial charge in [0.05, 0.1) is 29.1 Å². The Morgan fingerprint density at radius 3 is 2.51 bits per heavy atom. The monoisotopic (exact) mass is 510 g/mol. The first-order chi connectivity index (χ1) is 17.2. The second kappa shape index (κ2) is 10.5. The maximum absolute atomic E-state index is 13.4. The van der Waals surface area contributed by atoms with E-state index in [4.69, 9.17) is 4.74 Å². The molecule has 0 amide bonds. The smallest absolute Gasteiger partial charge is 0.333 e. The summed E-state index contributed by atoms with van der Waals surface area (Å²) in [7, 11) is 1.28. The Labute approximate surface area is 218 Å². The predicted octanol–water partition coefficient (Wildman–Crippen LogP) is 5.91. The third-order valence-corrected chi connectivity index (χ3v) is 8.32. The number of hydrogen-bond acceptors (Lipinski definition) is 6. The van der Waals surface area contributed by atoms with Crippen LogP contribution in [0.2, 0.25) is 0 Å². The number of rotatable bonds is 7. The standard InChI is InChI=1S/C29H38N2O6/c1-17-10-9-15-28(4,5)22(17)14-13-18(2)29(6)25(27(34)37-7)24(23(26(32)33)19(3)30-29)20-11-8-12-21(16-20)31(35)36/h8,11-14,16,18,24-25,30H,9-10,15H2,1-7H3,(H,32,33). The van der Waals surface area contributed by atoms with Gasteiger partial charge >= 0.3 is 11.9 Å². The Hall–Kier alpha value is -3.42. The minimum atomic E-state index is -1.19. The summed E-state index contributed by atoms with van der Waals surface area (Å²) in [6.07, 6.45) is 7.53. The Morgan fingerprint density at radius 2 is 1.95 bits per heavy atom. The molecular formula is C29H38N2O6. The van der Waals surface area contributed by atoms with Crippen LogP contribution >= 0.6 is 0 Å². The van der Waals surface area contributed by atoms with Gasteiger partial charge in [-0.05, 0) is 62.5 Å². The van der Waals surface area contributed by atoms with Gasteiger partial charge in [0.1, 0.15) is 0 Å². The van der Waals surface area contributed by atoms with Crippen LogP contribution in [0.15, 0.2) is 58.8 Å². The number of benzene rings is 1. The quantitative estimate of drug-likeness (QED) is 0.266. The molecule has 0 fully saturated rings. The summed E-state index contributed by atoms with van der Waals surface area (Å²) in [6.45, 7) is 12.2. The molecule has 3 rings (SSSR count). The van der Waals surface area contributed by atoms with Gasteiger partial charge in [0.25, 0.3) is 5.69 Å². The molecule has 8 heteroatoms. The van der Waals surface area contributed by atoms with Gasteiger partial charge in [-0.2, -0.15) is 0 Å². The molecule has 37 heavy (non-hydrogen) atoms. The van der Waals surface area contributed by atoms with Crippen molar-refractivity contribution in [3.63, 3.8) is 0 Å². The lowest BCUT2D eigenvalue weighted by molar-refractivity contribution is -0.384. The van der Waals surface area contributed by atoms with Crippen molar-refractivity contribution >= 4 is 17.6 Å². The molecule has 0 radical (unpaired) electrons. The van der Waals surface area contributed by atoms with Crippen LogP contribution in [0.4, 0.5) is 5.69 Å². The molecule has 4 unspecified atom stereocenters. The topological polar surface area (TPSA) is 119 Å². The van der Waals surface area contributed by atoms with Crippen molar-refractivity contribution in [2.24, 2.45) is 17.3 Å². The molecular weight excluding hydrogens is 472 g/mol. The number of ether oxygens (including phenoxy) is 1. The molecule has 0 saturated carbocycles. The fourth-order valence-electron chi connectivity index (χ4n) is 6.14. The van der Waals surface area contributed by atoms with E-state index in [2.05, 4.69) is 38.2 Å². The lowest BCUT2D eigenvalue weighted by atomic mass is 9.63. The van der Waals surface area contributed by atoms with Crippen molar-refractivity contribution in [3.8, 4) is 0 Å². The van der Waals surface area contributed by atoms with Crippen LogP contribution in [0.1, 0.15) is 72.3 Å². The average molecular weight is 511 g/mol. The Bertz CT molecular complexity index is 1190. The van der Waals surface area contributed by atoms with Crippen molar-refractivity contribution < 1.29 is 24.4 Å². The van der Waals surface area contributed by atoms with E-state index in [1.54, 1.807) is 13.0 Å². The van der Waals surface area contributed by atoms with Gasteiger partial charge in [0.15, 0.2) is 0 Å². The Morgan fingerprint density at radius 1 is 1.27 bits per heavy atom. The van der Waals surface area contributed by atoms with Crippen LogP contribution in [0.5, 0.6) is 0 Å². The van der Waals surface area contributed by atoms with Crippen LogP contribution < -0.4 is 5.32 Å². The zero-order valence-electron chi connectivity index (χ0n) is 22.8. The van der Waals surface area contributed by atoms with E-state index in [9.17, 15) is 24.8 Å². The van der Waals surface area contributed by atoms with Gasteiger partial charge in [-0.3, -0.25) is 14.9 Å². The van der Waals surface area contributed by atoms with Gasteiger partial charge in [0.2, 0.25) is 0 Å². The van der Waals surface area contributed by atoms with E-state index in [1.807, 2.05) is 13.8 Å². The number of hydrogen-bond donors (Lipinski definition) is 2. The number of nitro groups is 1. The molecule has 1 heterocycles. The van der Waals surface area contributed by atoms with Crippen LogP contribution in [-0.4, -0.2) is 34.6 Å². The van der Waals surface area contributed by atoms with Crippen molar-refractivity contribution in [3.05, 3.63) is 74.5 Å². The third-order valence-electron chi connectivity index (χ3n) is 8.32. The molecule has 1 aromatic carbocycles. The normalized spacial score (nSPS) is 26.6. The molecule has 200 valence electrons. The summed E-state index contributed by atoms with van der Waals surface area (Å²) < 4.78 is 5.21. The third kappa shape index (κ3) is 5.33. The van der Waals surface area contributed by atoms with Gasteiger partial charge in [-0.25, -0.2) is 4.79 Å². The highest BCUT2D eigenvalue weighted by molar-refractivity contribution is 5.92. The predicted molar refractivity (Wildman–Crippen MR) is 142 cm³/mol. The number of nitrogens with one attached hydrogen (secondary N) is 1. The number of carboxylic acids is 1. The fraction of sp³-hybridized carbons (Fsp3) is 0.517. The maximum atomic E-state index is 13.4. The number of non-ortho nitro benzene ring substituents is 1. The molecule has 2 N–H and O–H groups in total. The molecule has 0 spiro atoms. The minimum absolute atomic E-state index is 0.00322. The van der Waals surface area contributed by atoms with Crippen molar-refractivity contribution in [1.29, 1.82) is 0 Å². The summed E-state index contributed by atoms with van der Waals surface area (Å²) in [5.74, 6) is -3.89. The number of carbonyl (C=O) groups excluding carboxylic acids is 1. The van der Waals surface area contributed by atoms with Crippen molar-refractivity contribution in [2.75, 3.05) is 7.11 Å². The lowest BCUT2D eigenvalue weighted by Gasteiger charge is -2.49. The largest absolute Gasteiger partial charge is 0.478 e. The molecule has 2 aliphatic rings. The highest BCUT2D eigenvalue weighted by Crippen LogP contribution is 2.48. The summed E-state index contributed by atoms with van der Waals surface area (Å²) in [5, 5.41) is 25.0. The summed E-state index contributed by atoms with van der Waals surface area (Å²) in [5.41, 5.74) is 2.37. The zero-order valence-corrected chi connectivity index (χ0v) is 22.8. The van der Waals surface area contributed by atoms with Crippen LogP contribution in [-0.2, 0) is 14.3 Å². The number of esters is 1. The van der Waals surface area contributed by atoms with Crippen LogP contribution in [0.3, 0.4) is 0 Å². The minimum Gasteiger partial charge on any atom is -0.478 e. The number of allylic oxidation sites excluding steroid dienone is 4. The van der Waals surface area contributed by atoms with Gasteiger partial charge in [0, 0.05) is 23.7 Å². The lowest BCUT2D eigenvalue weighted by Crippen LogP contribution is -2.60.